The van der Waals surface area contributed by atoms with Gasteiger partial charge in [0.25, 0.3) is 5.91 Å². The molecule has 0 aromatic carbocycles. The average Bonchev–Trinajstić information content (AvgIpc) is 2.76. The van der Waals surface area contributed by atoms with Crippen LogP contribution in [0, 0.1) is 5.92 Å². The van der Waals surface area contributed by atoms with E-state index in [9.17, 15) is 4.79 Å². The minimum Gasteiger partial charge on any atom is -0.351 e. The third kappa shape index (κ3) is 5.21. The summed E-state index contributed by atoms with van der Waals surface area (Å²) in [4.78, 5) is 12.6. The van der Waals surface area contributed by atoms with Crippen LogP contribution in [0.5, 0.6) is 0 Å². The van der Waals surface area contributed by atoms with E-state index in [1.54, 1.807) is 0 Å². The van der Waals surface area contributed by atoms with Crippen LogP contribution in [0.3, 0.4) is 0 Å². The van der Waals surface area contributed by atoms with Crippen molar-refractivity contribution in [1.82, 2.24) is 5.32 Å². The van der Waals surface area contributed by atoms with Gasteiger partial charge in [0.05, 0.1) is 8.66 Å². The van der Waals surface area contributed by atoms with Crippen LogP contribution in [0.1, 0.15) is 49.2 Å². The number of hydrogen-bond acceptors (Lipinski definition) is 2. The smallest absolute Gasteiger partial charge is 0.261 e. The lowest BCUT2D eigenvalue weighted by molar-refractivity contribution is 0.0950. The molecule has 96 valence electrons. The molecule has 1 rings (SSSR count). The zero-order chi connectivity index (χ0) is 12.7. The van der Waals surface area contributed by atoms with E-state index in [2.05, 4.69) is 35.1 Å². The second-order valence-electron chi connectivity index (χ2n) is 4.23. The van der Waals surface area contributed by atoms with Crippen molar-refractivity contribution >= 4 is 33.2 Å². The minimum absolute atomic E-state index is 0.0515. The fourth-order valence-electron chi connectivity index (χ4n) is 1.70. The van der Waals surface area contributed by atoms with Gasteiger partial charge in [0.15, 0.2) is 0 Å². The SMILES string of the molecule is CCCC[C@@H](CC)CNC(=O)c1ccc(Br)s1. The third-order valence-electron chi connectivity index (χ3n) is 2.89. The summed E-state index contributed by atoms with van der Waals surface area (Å²) in [6.45, 7) is 5.19. The number of amides is 1. The van der Waals surface area contributed by atoms with E-state index in [1.165, 1.54) is 30.6 Å². The molecule has 1 aromatic heterocycles. The van der Waals surface area contributed by atoms with E-state index < -0.39 is 0 Å². The maximum absolute atomic E-state index is 11.8. The van der Waals surface area contributed by atoms with Gasteiger partial charge in [-0.1, -0.05) is 33.1 Å². The maximum atomic E-state index is 11.8. The molecule has 4 heteroatoms. The Morgan fingerprint density at radius 2 is 2.24 bits per heavy atom. The number of carbonyl (C=O) groups excluding carboxylic acids is 1. The van der Waals surface area contributed by atoms with Crippen molar-refractivity contribution in [2.75, 3.05) is 6.54 Å². The average molecular weight is 318 g/mol. The fraction of sp³-hybridized carbons (Fsp3) is 0.615. The Labute approximate surface area is 116 Å². The van der Waals surface area contributed by atoms with Gasteiger partial charge in [-0.15, -0.1) is 11.3 Å². The molecule has 0 unspecified atom stereocenters. The molecule has 0 radical (unpaired) electrons. The van der Waals surface area contributed by atoms with Gasteiger partial charge < -0.3 is 5.32 Å². The summed E-state index contributed by atoms with van der Waals surface area (Å²) in [6.07, 6.45) is 4.82. The zero-order valence-corrected chi connectivity index (χ0v) is 12.9. The molecule has 0 spiro atoms. The largest absolute Gasteiger partial charge is 0.351 e. The number of rotatable bonds is 7. The van der Waals surface area contributed by atoms with Crippen molar-refractivity contribution in [3.8, 4) is 0 Å². The van der Waals surface area contributed by atoms with E-state index in [0.717, 1.165) is 21.6 Å². The normalized spacial score (nSPS) is 12.4. The fourth-order valence-corrected chi connectivity index (χ4v) is 3.01. The Hall–Kier alpha value is -0.350. The minimum atomic E-state index is 0.0515. The van der Waals surface area contributed by atoms with Crippen molar-refractivity contribution in [1.29, 1.82) is 0 Å². The molecule has 1 N–H and O–H groups in total. The number of halogens is 1. The summed E-state index contributed by atoms with van der Waals surface area (Å²) in [6, 6.07) is 3.77. The Morgan fingerprint density at radius 1 is 1.47 bits per heavy atom. The molecule has 0 aliphatic rings. The number of carbonyl (C=O) groups is 1. The van der Waals surface area contributed by atoms with Gasteiger partial charge in [-0.3, -0.25) is 4.79 Å². The molecule has 0 saturated heterocycles. The van der Waals surface area contributed by atoms with Crippen molar-refractivity contribution < 1.29 is 4.79 Å². The molecule has 0 saturated carbocycles. The Kier molecular flexibility index (Phi) is 6.82. The monoisotopic (exact) mass is 317 g/mol. The highest BCUT2D eigenvalue weighted by Gasteiger charge is 2.11. The lowest BCUT2D eigenvalue weighted by atomic mass is 9.99. The van der Waals surface area contributed by atoms with Crippen LogP contribution in [0.2, 0.25) is 0 Å². The van der Waals surface area contributed by atoms with Crippen LogP contribution < -0.4 is 5.32 Å². The van der Waals surface area contributed by atoms with Crippen molar-refractivity contribution in [2.45, 2.75) is 39.5 Å². The Bertz CT molecular complexity index is 351. The van der Waals surface area contributed by atoms with Crippen LogP contribution >= 0.6 is 27.3 Å². The first-order chi connectivity index (χ1) is 8.17. The first-order valence-electron chi connectivity index (χ1n) is 6.20. The molecule has 0 fully saturated rings. The molecule has 1 amide bonds. The van der Waals surface area contributed by atoms with Gasteiger partial charge >= 0.3 is 0 Å². The Morgan fingerprint density at radius 3 is 2.76 bits per heavy atom. The van der Waals surface area contributed by atoms with Crippen LogP contribution in [0.15, 0.2) is 15.9 Å². The van der Waals surface area contributed by atoms with Gasteiger partial charge in [0.1, 0.15) is 0 Å². The van der Waals surface area contributed by atoms with Crippen LogP contribution in [0.25, 0.3) is 0 Å². The topological polar surface area (TPSA) is 29.1 Å². The molecule has 0 aliphatic heterocycles. The first kappa shape index (κ1) is 14.7. The molecular weight excluding hydrogens is 298 g/mol. The summed E-state index contributed by atoms with van der Waals surface area (Å²) in [5, 5.41) is 3.02. The van der Waals surface area contributed by atoms with Gasteiger partial charge in [-0.25, -0.2) is 0 Å². The second-order valence-corrected chi connectivity index (χ2v) is 6.69. The maximum Gasteiger partial charge on any atom is 0.261 e. The van der Waals surface area contributed by atoms with Crippen LogP contribution in [0.4, 0.5) is 0 Å². The molecule has 0 bridgehead atoms. The standard InChI is InChI=1S/C13H20BrNOS/c1-3-5-6-10(4-2)9-15-13(16)11-7-8-12(14)17-11/h7-8,10H,3-6,9H2,1-2H3,(H,15,16)/t10-/m1/s1. The van der Waals surface area contributed by atoms with Crippen molar-refractivity contribution in [3.63, 3.8) is 0 Å². The molecule has 17 heavy (non-hydrogen) atoms. The lowest BCUT2D eigenvalue weighted by Gasteiger charge is -2.14. The quantitative estimate of drug-likeness (QED) is 0.790. The van der Waals surface area contributed by atoms with Crippen LogP contribution in [-0.2, 0) is 0 Å². The summed E-state index contributed by atoms with van der Waals surface area (Å²) in [5.41, 5.74) is 0. The van der Waals surface area contributed by atoms with Gasteiger partial charge in [-0.05, 0) is 40.4 Å². The van der Waals surface area contributed by atoms with E-state index in [0.29, 0.717) is 5.92 Å². The van der Waals surface area contributed by atoms with Crippen molar-refractivity contribution in [2.24, 2.45) is 5.92 Å². The van der Waals surface area contributed by atoms with Gasteiger partial charge in [0, 0.05) is 6.54 Å². The number of unbranched alkanes of at least 4 members (excludes halogenated alkanes) is 1. The summed E-state index contributed by atoms with van der Waals surface area (Å²) < 4.78 is 1.00. The van der Waals surface area contributed by atoms with Crippen molar-refractivity contribution in [3.05, 3.63) is 20.8 Å². The zero-order valence-electron chi connectivity index (χ0n) is 10.5. The van der Waals surface area contributed by atoms with E-state index in [-0.39, 0.29) is 5.91 Å². The van der Waals surface area contributed by atoms with E-state index in [4.69, 9.17) is 0 Å². The number of nitrogens with one attached hydrogen (secondary N) is 1. The lowest BCUT2D eigenvalue weighted by Crippen LogP contribution is -2.28. The number of hydrogen-bond donors (Lipinski definition) is 1. The van der Waals surface area contributed by atoms with Crippen LogP contribution in [-0.4, -0.2) is 12.5 Å². The third-order valence-corrected chi connectivity index (χ3v) is 4.51. The predicted octanol–water partition coefficient (Wildman–Crippen LogP) is 4.46. The van der Waals surface area contributed by atoms with Gasteiger partial charge in [0.2, 0.25) is 0 Å². The Balaban J connectivity index is 2.36. The summed E-state index contributed by atoms with van der Waals surface area (Å²) in [5.74, 6) is 0.665. The first-order valence-corrected chi connectivity index (χ1v) is 7.81. The van der Waals surface area contributed by atoms with Gasteiger partial charge in [-0.2, -0.15) is 0 Å². The molecule has 1 atom stereocenters. The molecule has 1 aromatic rings. The highest BCUT2D eigenvalue weighted by Crippen LogP contribution is 2.22. The predicted molar refractivity (Wildman–Crippen MR) is 77.7 cm³/mol. The number of thiophene rings is 1. The summed E-state index contributed by atoms with van der Waals surface area (Å²) in [7, 11) is 0. The highest BCUT2D eigenvalue weighted by atomic mass is 79.9. The molecule has 2 nitrogen and oxygen atoms in total. The summed E-state index contributed by atoms with van der Waals surface area (Å²) >= 11 is 4.84. The molecule has 1 heterocycles. The molecule has 0 aliphatic carbocycles. The molecular formula is C13H20BrNOS. The highest BCUT2D eigenvalue weighted by molar-refractivity contribution is 9.11. The van der Waals surface area contributed by atoms with E-state index >= 15 is 0 Å². The van der Waals surface area contributed by atoms with E-state index in [1.807, 2.05) is 12.1 Å². The second kappa shape index (κ2) is 7.88.